The van der Waals surface area contributed by atoms with E-state index in [0.717, 1.165) is 18.4 Å². The SMILES string of the molecule is CC(C)(C)CCc1cncc(C#N)c1. The maximum absolute atomic E-state index is 8.70. The van der Waals surface area contributed by atoms with Crippen molar-refractivity contribution in [3.63, 3.8) is 0 Å². The fourth-order valence-electron chi connectivity index (χ4n) is 1.20. The number of nitrogens with zero attached hydrogens (tertiary/aromatic N) is 2. The van der Waals surface area contributed by atoms with Crippen molar-refractivity contribution in [3.05, 3.63) is 29.6 Å². The molecular weight excluding hydrogens is 172 g/mol. The summed E-state index contributed by atoms with van der Waals surface area (Å²) in [5.41, 5.74) is 2.14. The minimum atomic E-state index is 0.336. The molecule has 0 saturated heterocycles. The lowest BCUT2D eigenvalue weighted by Gasteiger charge is -2.17. The summed E-state index contributed by atoms with van der Waals surface area (Å²) < 4.78 is 0. The molecule has 0 aliphatic rings. The molecular formula is C12H16N2. The van der Waals surface area contributed by atoms with Crippen LogP contribution in [-0.2, 0) is 6.42 Å². The van der Waals surface area contributed by atoms with Gasteiger partial charge in [0.1, 0.15) is 6.07 Å². The number of aromatic nitrogens is 1. The molecule has 0 atom stereocenters. The summed E-state index contributed by atoms with van der Waals surface area (Å²) >= 11 is 0. The van der Waals surface area contributed by atoms with Gasteiger partial charge in [-0.05, 0) is 29.9 Å². The largest absolute Gasteiger partial charge is 0.263 e. The average Bonchev–Trinajstić information content (AvgIpc) is 2.14. The van der Waals surface area contributed by atoms with E-state index >= 15 is 0 Å². The van der Waals surface area contributed by atoms with Crippen molar-refractivity contribution in [2.24, 2.45) is 5.41 Å². The van der Waals surface area contributed by atoms with Crippen molar-refractivity contribution in [2.45, 2.75) is 33.6 Å². The lowest BCUT2D eigenvalue weighted by Crippen LogP contribution is -2.06. The molecule has 74 valence electrons. The Hall–Kier alpha value is -1.36. The van der Waals surface area contributed by atoms with Gasteiger partial charge in [0.25, 0.3) is 0 Å². The van der Waals surface area contributed by atoms with Gasteiger partial charge in [-0.3, -0.25) is 4.98 Å². The molecule has 0 amide bonds. The highest BCUT2D eigenvalue weighted by Crippen LogP contribution is 2.21. The van der Waals surface area contributed by atoms with Gasteiger partial charge >= 0.3 is 0 Å². The van der Waals surface area contributed by atoms with Crippen LogP contribution in [0.1, 0.15) is 38.3 Å². The van der Waals surface area contributed by atoms with Gasteiger partial charge in [-0.2, -0.15) is 5.26 Å². The second-order valence-corrected chi connectivity index (χ2v) is 4.75. The van der Waals surface area contributed by atoms with Crippen LogP contribution < -0.4 is 0 Å². The summed E-state index contributed by atoms with van der Waals surface area (Å²) in [6.07, 6.45) is 5.54. The zero-order chi connectivity index (χ0) is 10.6. The second kappa shape index (κ2) is 4.23. The Morgan fingerprint density at radius 3 is 2.64 bits per heavy atom. The number of rotatable bonds is 2. The van der Waals surface area contributed by atoms with Crippen molar-refractivity contribution in [1.82, 2.24) is 4.98 Å². The maximum atomic E-state index is 8.70. The maximum Gasteiger partial charge on any atom is 0.101 e. The van der Waals surface area contributed by atoms with Gasteiger partial charge in [0, 0.05) is 12.4 Å². The van der Waals surface area contributed by atoms with E-state index in [-0.39, 0.29) is 0 Å². The minimum absolute atomic E-state index is 0.336. The molecule has 0 bridgehead atoms. The predicted molar refractivity (Wildman–Crippen MR) is 56.7 cm³/mol. The third-order valence-electron chi connectivity index (χ3n) is 2.09. The third kappa shape index (κ3) is 3.57. The normalized spacial score (nSPS) is 11.0. The van der Waals surface area contributed by atoms with Gasteiger partial charge in [-0.25, -0.2) is 0 Å². The lowest BCUT2D eigenvalue weighted by atomic mass is 9.89. The molecule has 1 aromatic rings. The highest BCUT2D eigenvalue weighted by Gasteiger charge is 2.10. The van der Waals surface area contributed by atoms with E-state index in [1.807, 2.05) is 12.3 Å². The molecule has 0 saturated carbocycles. The quantitative estimate of drug-likeness (QED) is 0.715. The first-order valence-electron chi connectivity index (χ1n) is 4.85. The molecule has 2 nitrogen and oxygen atoms in total. The Morgan fingerprint density at radius 1 is 1.36 bits per heavy atom. The van der Waals surface area contributed by atoms with E-state index < -0.39 is 0 Å². The molecule has 1 rings (SSSR count). The zero-order valence-corrected chi connectivity index (χ0v) is 9.04. The topological polar surface area (TPSA) is 36.7 Å². The summed E-state index contributed by atoms with van der Waals surface area (Å²) in [5, 5.41) is 8.70. The number of aryl methyl sites for hydroxylation is 1. The molecule has 0 aliphatic heterocycles. The first-order valence-corrected chi connectivity index (χ1v) is 4.85. The van der Waals surface area contributed by atoms with Gasteiger partial charge in [-0.1, -0.05) is 20.8 Å². The Kier molecular flexibility index (Phi) is 3.24. The van der Waals surface area contributed by atoms with Crippen LogP contribution in [0.5, 0.6) is 0 Å². The van der Waals surface area contributed by atoms with Crippen LogP contribution in [0.2, 0.25) is 0 Å². The van der Waals surface area contributed by atoms with Crippen molar-refractivity contribution in [3.8, 4) is 6.07 Å². The van der Waals surface area contributed by atoms with E-state index in [1.54, 1.807) is 6.20 Å². The lowest BCUT2D eigenvalue weighted by molar-refractivity contribution is 0.378. The standard InChI is InChI=1S/C12H16N2/c1-12(2,3)5-4-10-6-11(7-13)9-14-8-10/h6,8-9H,4-5H2,1-3H3. The first-order chi connectivity index (χ1) is 6.51. The van der Waals surface area contributed by atoms with Crippen LogP contribution in [0, 0.1) is 16.7 Å². The van der Waals surface area contributed by atoms with Crippen LogP contribution in [0.15, 0.2) is 18.5 Å². The van der Waals surface area contributed by atoms with Gasteiger partial charge < -0.3 is 0 Å². The average molecular weight is 188 g/mol. The van der Waals surface area contributed by atoms with E-state index in [4.69, 9.17) is 5.26 Å². The van der Waals surface area contributed by atoms with E-state index in [0.29, 0.717) is 11.0 Å². The molecule has 0 aromatic carbocycles. The fraction of sp³-hybridized carbons (Fsp3) is 0.500. The van der Waals surface area contributed by atoms with E-state index in [2.05, 4.69) is 31.8 Å². The van der Waals surface area contributed by atoms with Crippen molar-refractivity contribution >= 4 is 0 Å². The van der Waals surface area contributed by atoms with Crippen LogP contribution >= 0.6 is 0 Å². The fourth-order valence-corrected chi connectivity index (χ4v) is 1.20. The Morgan fingerprint density at radius 2 is 2.07 bits per heavy atom. The molecule has 14 heavy (non-hydrogen) atoms. The van der Waals surface area contributed by atoms with Gasteiger partial charge in [-0.15, -0.1) is 0 Å². The smallest absolute Gasteiger partial charge is 0.101 e. The zero-order valence-electron chi connectivity index (χ0n) is 9.04. The minimum Gasteiger partial charge on any atom is -0.263 e. The molecule has 0 radical (unpaired) electrons. The summed E-state index contributed by atoms with van der Waals surface area (Å²) in [5.74, 6) is 0. The van der Waals surface area contributed by atoms with Gasteiger partial charge in [0.2, 0.25) is 0 Å². The van der Waals surface area contributed by atoms with Gasteiger partial charge in [0.05, 0.1) is 5.56 Å². The van der Waals surface area contributed by atoms with Crippen LogP contribution in [0.25, 0.3) is 0 Å². The number of nitriles is 1. The Bertz CT molecular complexity index is 342. The molecule has 0 N–H and O–H groups in total. The Balaban J connectivity index is 2.65. The van der Waals surface area contributed by atoms with Crippen molar-refractivity contribution < 1.29 is 0 Å². The number of pyridine rings is 1. The monoisotopic (exact) mass is 188 g/mol. The van der Waals surface area contributed by atoms with E-state index in [9.17, 15) is 0 Å². The highest BCUT2D eigenvalue weighted by atomic mass is 14.6. The Labute approximate surface area is 85.6 Å². The summed E-state index contributed by atoms with van der Waals surface area (Å²) in [6, 6.07) is 4.02. The number of hydrogen-bond acceptors (Lipinski definition) is 2. The molecule has 1 heterocycles. The van der Waals surface area contributed by atoms with Crippen LogP contribution in [0.4, 0.5) is 0 Å². The van der Waals surface area contributed by atoms with Crippen molar-refractivity contribution in [1.29, 1.82) is 5.26 Å². The number of hydrogen-bond donors (Lipinski definition) is 0. The van der Waals surface area contributed by atoms with Crippen LogP contribution in [0.3, 0.4) is 0 Å². The first kappa shape index (κ1) is 10.7. The predicted octanol–water partition coefficient (Wildman–Crippen LogP) is 2.93. The van der Waals surface area contributed by atoms with Gasteiger partial charge in [0.15, 0.2) is 0 Å². The molecule has 2 heteroatoms. The molecule has 1 aromatic heterocycles. The van der Waals surface area contributed by atoms with E-state index in [1.165, 1.54) is 0 Å². The molecule has 0 fully saturated rings. The second-order valence-electron chi connectivity index (χ2n) is 4.75. The molecule has 0 spiro atoms. The van der Waals surface area contributed by atoms with Crippen molar-refractivity contribution in [2.75, 3.05) is 0 Å². The third-order valence-corrected chi connectivity index (χ3v) is 2.09. The molecule has 0 unspecified atom stereocenters. The van der Waals surface area contributed by atoms with Crippen LogP contribution in [-0.4, -0.2) is 4.98 Å². The molecule has 0 aliphatic carbocycles. The summed E-state index contributed by atoms with van der Waals surface area (Å²) in [4.78, 5) is 4.03. The summed E-state index contributed by atoms with van der Waals surface area (Å²) in [7, 11) is 0. The summed E-state index contributed by atoms with van der Waals surface area (Å²) in [6.45, 7) is 6.65. The highest BCUT2D eigenvalue weighted by molar-refractivity contribution is 5.28.